The predicted molar refractivity (Wildman–Crippen MR) is 144 cm³/mol. The molecule has 6 rings (SSSR count). The van der Waals surface area contributed by atoms with Crippen molar-refractivity contribution >= 4 is 0 Å². The van der Waals surface area contributed by atoms with E-state index in [1.807, 2.05) is 6.92 Å². The molecule has 2 aromatic carbocycles. The number of aryl methyl sites for hydroxylation is 1. The fourth-order valence-electron chi connectivity index (χ4n) is 7.73. The summed E-state index contributed by atoms with van der Waals surface area (Å²) in [6.45, 7) is 11.0. The minimum absolute atomic E-state index is 0.0120. The lowest BCUT2D eigenvalue weighted by molar-refractivity contribution is -0.0706. The molecule has 8 heteroatoms. The van der Waals surface area contributed by atoms with Crippen LogP contribution in [0.4, 0.5) is 0 Å². The molecular weight excluding hydrogens is 480 g/mol. The van der Waals surface area contributed by atoms with E-state index in [-0.39, 0.29) is 37.0 Å². The normalized spacial score (nSPS) is 27.1. The Hall–Kier alpha value is -3.25. The van der Waals surface area contributed by atoms with Gasteiger partial charge in [-0.05, 0) is 62.9 Å². The van der Waals surface area contributed by atoms with Gasteiger partial charge in [0.05, 0.1) is 25.3 Å². The van der Waals surface area contributed by atoms with E-state index in [0.717, 1.165) is 45.9 Å². The summed E-state index contributed by atoms with van der Waals surface area (Å²) in [5.74, 6) is 3.20. The number of nitriles is 1. The number of likely N-dealkylation sites (N-methyl/N-ethyl adjacent to an activating group) is 1. The molecule has 4 aliphatic heterocycles. The second kappa shape index (κ2) is 9.19. The summed E-state index contributed by atoms with van der Waals surface area (Å²) >= 11 is 0. The third-order valence-corrected chi connectivity index (χ3v) is 9.11. The summed E-state index contributed by atoms with van der Waals surface area (Å²) in [7, 11) is 3.91. The molecule has 4 aliphatic rings. The Balaban J connectivity index is 1.60. The highest BCUT2D eigenvalue weighted by molar-refractivity contribution is 5.66. The van der Waals surface area contributed by atoms with Gasteiger partial charge in [0.25, 0.3) is 0 Å². The van der Waals surface area contributed by atoms with Crippen LogP contribution < -0.4 is 24.7 Å². The smallest absolute Gasteiger partial charge is 0.231 e. The van der Waals surface area contributed by atoms with E-state index in [1.165, 1.54) is 16.7 Å². The maximum Gasteiger partial charge on any atom is 0.231 e. The third kappa shape index (κ3) is 3.25. The lowest BCUT2D eigenvalue weighted by Gasteiger charge is -2.60. The van der Waals surface area contributed by atoms with Crippen LogP contribution in [-0.4, -0.2) is 62.0 Å². The van der Waals surface area contributed by atoms with E-state index >= 15 is 0 Å². The minimum Gasteiger partial charge on any atom is -0.496 e. The van der Waals surface area contributed by atoms with Crippen molar-refractivity contribution in [2.75, 3.05) is 34.1 Å². The van der Waals surface area contributed by atoms with Gasteiger partial charge < -0.3 is 24.7 Å². The molecule has 2 aromatic rings. The number of piperazine rings is 1. The standard InChI is InChI=1S/C30H36N4O4/c1-7-8-36-28-17(4)29-30(38-14-37-29)25-19(28)11-21-26-24-16(3)27(35-6)15(2)9-18(24)10-20(33(26)5)22(12-31)34(21)23(25)13-32/h7,9,20-23,26H,1,8,10-11,13-14,32H2,2-6H3/t20-,21?,22+,23+,26+/m1/s1. The van der Waals surface area contributed by atoms with Crippen LogP contribution in [0.1, 0.15) is 51.0 Å². The van der Waals surface area contributed by atoms with Crippen molar-refractivity contribution in [3.8, 4) is 29.1 Å². The monoisotopic (exact) mass is 516 g/mol. The Morgan fingerprint density at radius 3 is 2.58 bits per heavy atom. The zero-order valence-electron chi connectivity index (χ0n) is 22.8. The van der Waals surface area contributed by atoms with Crippen molar-refractivity contribution in [1.29, 1.82) is 5.26 Å². The largest absolute Gasteiger partial charge is 0.496 e. The quantitative estimate of drug-likeness (QED) is 0.602. The fourth-order valence-corrected chi connectivity index (χ4v) is 7.73. The number of nitrogens with zero attached hydrogens (tertiary/aromatic N) is 3. The zero-order chi connectivity index (χ0) is 26.9. The van der Waals surface area contributed by atoms with Gasteiger partial charge >= 0.3 is 0 Å². The van der Waals surface area contributed by atoms with Gasteiger partial charge in [0.15, 0.2) is 11.5 Å². The molecule has 1 saturated heterocycles. The van der Waals surface area contributed by atoms with Crippen LogP contribution in [0.3, 0.4) is 0 Å². The van der Waals surface area contributed by atoms with Crippen LogP contribution in [0.15, 0.2) is 18.7 Å². The molecule has 0 aromatic heterocycles. The molecule has 0 amide bonds. The molecule has 8 nitrogen and oxygen atoms in total. The molecule has 5 atom stereocenters. The number of methoxy groups -OCH3 is 1. The van der Waals surface area contributed by atoms with E-state index in [2.05, 4.69) is 49.4 Å². The van der Waals surface area contributed by atoms with Gasteiger partial charge in [-0.2, -0.15) is 5.26 Å². The lowest BCUT2D eigenvalue weighted by atomic mass is 9.71. The number of benzene rings is 2. The van der Waals surface area contributed by atoms with E-state index in [9.17, 15) is 5.26 Å². The van der Waals surface area contributed by atoms with Crippen molar-refractivity contribution in [2.45, 2.75) is 63.8 Å². The third-order valence-electron chi connectivity index (χ3n) is 9.11. The SMILES string of the molecule is C=CCOc1c(C)c2c(c3c1CC1[C@H]4c5c(cc(C)c(OC)c5C)C[C@H]([C@H](C#N)N1[C@H]3CN)N4C)OCO2. The molecule has 1 fully saturated rings. The first-order chi connectivity index (χ1) is 18.4. The molecule has 0 radical (unpaired) electrons. The van der Waals surface area contributed by atoms with Gasteiger partial charge in [-0.3, -0.25) is 9.80 Å². The highest BCUT2D eigenvalue weighted by Gasteiger charge is 2.56. The number of hydrogen-bond acceptors (Lipinski definition) is 8. The van der Waals surface area contributed by atoms with Crippen LogP contribution in [0.25, 0.3) is 0 Å². The summed E-state index contributed by atoms with van der Waals surface area (Å²) in [5, 5.41) is 10.6. The predicted octanol–water partition coefficient (Wildman–Crippen LogP) is 3.64. The number of fused-ring (bicyclic) bond motifs is 9. The van der Waals surface area contributed by atoms with Crippen molar-refractivity contribution in [3.05, 3.63) is 57.7 Å². The maximum absolute atomic E-state index is 10.6. The van der Waals surface area contributed by atoms with Gasteiger partial charge in [-0.25, -0.2) is 0 Å². The summed E-state index contributed by atoms with van der Waals surface area (Å²) < 4.78 is 24.1. The second-order valence-electron chi connectivity index (χ2n) is 10.9. The van der Waals surface area contributed by atoms with Crippen LogP contribution >= 0.6 is 0 Å². The molecule has 38 heavy (non-hydrogen) atoms. The Kier molecular flexibility index (Phi) is 6.06. The van der Waals surface area contributed by atoms with Crippen molar-refractivity contribution in [3.63, 3.8) is 0 Å². The highest BCUT2D eigenvalue weighted by Crippen LogP contribution is 2.57. The van der Waals surface area contributed by atoms with Gasteiger partial charge in [0.1, 0.15) is 24.1 Å². The molecule has 0 spiro atoms. The van der Waals surface area contributed by atoms with E-state index < -0.39 is 0 Å². The van der Waals surface area contributed by atoms with E-state index in [4.69, 9.17) is 24.7 Å². The first kappa shape index (κ1) is 25.1. The van der Waals surface area contributed by atoms with E-state index in [1.54, 1.807) is 13.2 Å². The Bertz CT molecular complexity index is 1370. The molecule has 1 unspecified atom stereocenters. The van der Waals surface area contributed by atoms with Crippen molar-refractivity contribution in [2.24, 2.45) is 5.73 Å². The summed E-state index contributed by atoms with van der Waals surface area (Å²) in [5.41, 5.74) is 14.5. The van der Waals surface area contributed by atoms with Gasteiger partial charge in [-0.15, -0.1) is 0 Å². The van der Waals surface area contributed by atoms with Crippen LogP contribution in [0.2, 0.25) is 0 Å². The first-order valence-electron chi connectivity index (χ1n) is 13.3. The maximum atomic E-state index is 10.6. The van der Waals surface area contributed by atoms with Crippen LogP contribution in [-0.2, 0) is 12.8 Å². The van der Waals surface area contributed by atoms with Gasteiger partial charge in [0.2, 0.25) is 6.79 Å². The highest BCUT2D eigenvalue weighted by atomic mass is 16.7. The van der Waals surface area contributed by atoms with Crippen molar-refractivity contribution < 1.29 is 18.9 Å². The number of ether oxygens (including phenoxy) is 4. The van der Waals surface area contributed by atoms with Gasteiger partial charge in [0, 0.05) is 35.3 Å². The Morgan fingerprint density at radius 2 is 1.89 bits per heavy atom. The first-order valence-corrected chi connectivity index (χ1v) is 13.3. The number of rotatable bonds is 5. The molecule has 0 aliphatic carbocycles. The zero-order valence-corrected chi connectivity index (χ0v) is 22.8. The average Bonchev–Trinajstić information content (AvgIpc) is 3.39. The summed E-state index contributed by atoms with van der Waals surface area (Å²) in [4.78, 5) is 4.79. The molecule has 0 saturated carbocycles. The summed E-state index contributed by atoms with van der Waals surface area (Å²) in [6.07, 6.45) is 3.26. The number of hydrogen-bond donors (Lipinski definition) is 1. The molecule has 2 N–H and O–H groups in total. The Morgan fingerprint density at radius 1 is 1.13 bits per heavy atom. The fraction of sp³-hybridized carbons (Fsp3) is 0.500. The molecule has 2 bridgehead atoms. The van der Waals surface area contributed by atoms with Crippen LogP contribution in [0, 0.1) is 32.1 Å². The summed E-state index contributed by atoms with van der Waals surface area (Å²) in [6, 6.07) is 4.54. The molecule has 200 valence electrons. The average molecular weight is 517 g/mol. The lowest BCUT2D eigenvalue weighted by Crippen LogP contribution is -2.68. The Labute approximate surface area is 224 Å². The van der Waals surface area contributed by atoms with Gasteiger partial charge in [-0.1, -0.05) is 18.7 Å². The van der Waals surface area contributed by atoms with Crippen molar-refractivity contribution in [1.82, 2.24) is 9.80 Å². The topological polar surface area (TPSA) is 93.2 Å². The van der Waals surface area contributed by atoms with E-state index in [0.29, 0.717) is 25.3 Å². The molecular formula is C30H36N4O4. The molecule has 4 heterocycles. The van der Waals surface area contributed by atoms with Crippen LogP contribution in [0.5, 0.6) is 23.0 Å². The minimum atomic E-state index is -0.323. The number of nitrogens with two attached hydrogens (primary N) is 1. The second-order valence-corrected chi connectivity index (χ2v) is 10.9.